The van der Waals surface area contributed by atoms with Gasteiger partial charge in [-0.3, -0.25) is 0 Å². The summed E-state index contributed by atoms with van der Waals surface area (Å²) in [5.41, 5.74) is 0. The lowest BCUT2D eigenvalue weighted by molar-refractivity contribution is 0.247. The first-order valence-electron chi connectivity index (χ1n) is 7.35. The van der Waals surface area contributed by atoms with Crippen LogP contribution >= 0.6 is 12.2 Å². The molecule has 0 aromatic heterocycles. The van der Waals surface area contributed by atoms with Gasteiger partial charge in [0.25, 0.3) is 0 Å². The lowest BCUT2D eigenvalue weighted by Gasteiger charge is -2.36. The second-order valence-corrected chi connectivity index (χ2v) is 6.03. The summed E-state index contributed by atoms with van der Waals surface area (Å²) < 4.78 is 0. The Hall–Kier alpha value is -0.310. The predicted octanol–water partition coefficient (Wildman–Crippen LogP) is 3.32. The summed E-state index contributed by atoms with van der Waals surface area (Å²) in [7, 11) is 0. The quantitative estimate of drug-likeness (QED) is 0.761. The second-order valence-electron chi connectivity index (χ2n) is 5.65. The minimum Gasteiger partial charge on any atom is -0.360 e. The normalized spacial score (nSPS) is 26.9. The SMILES string of the molecule is CCC1CCCN(C(=S)NC2CCCCC2)C1. The number of nitrogens with one attached hydrogen (secondary N) is 1. The lowest BCUT2D eigenvalue weighted by atomic mass is 9.95. The molecule has 1 aliphatic heterocycles. The molecular weight excluding hydrogens is 228 g/mol. The molecule has 1 aliphatic carbocycles. The molecule has 2 fully saturated rings. The molecule has 98 valence electrons. The second kappa shape index (κ2) is 6.58. The summed E-state index contributed by atoms with van der Waals surface area (Å²) >= 11 is 5.57. The van der Waals surface area contributed by atoms with Gasteiger partial charge in [-0.15, -0.1) is 0 Å². The van der Waals surface area contributed by atoms with Crippen LogP contribution in [0.3, 0.4) is 0 Å². The van der Waals surface area contributed by atoms with Gasteiger partial charge in [0.05, 0.1) is 0 Å². The number of piperidine rings is 1. The summed E-state index contributed by atoms with van der Waals surface area (Å²) in [5.74, 6) is 0.856. The van der Waals surface area contributed by atoms with Crippen LogP contribution in [0, 0.1) is 5.92 Å². The summed E-state index contributed by atoms with van der Waals surface area (Å²) in [6, 6.07) is 0.651. The van der Waals surface area contributed by atoms with Crippen LogP contribution in [0.4, 0.5) is 0 Å². The van der Waals surface area contributed by atoms with Gasteiger partial charge >= 0.3 is 0 Å². The fraction of sp³-hybridized carbons (Fsp3) is 0.929. The Morgan fingerprint density at radius 2 is 1.94 bits per heavy atom. The summed E-state index contributed by atoms with van der Waals surface area (Å²) in [4.78, 5) is 2.40. The molecule has 1 saturated carbocycles. The molecule has 2 nitrogen and oxygen atoms in total. The molecule has 0 amide bonds. The van der Waals surface area contributed by atoms with E-state index in [0.29, 0.717) is 6.04 Å². The van der Waals surface area contributed by atoms with Gasteiger partial charge in [0, 0.05) is 19.1 Å². The summed E-state index contributed by atoms with van der Waals surface area (Å²) in [5, 5.41) is 4.61. The molecule has 0 spiro atoms. The monoisotopic (exact) mass is 254 g/mol. The minimum absolute atomic E-state index is 0.651. The molecule has 1 unspecified atom stereocenters. The highest BCUT2D eigenvalue weighted by atomic mass is 32.1. The number of hydrogen-bond acceptors (Lipinski definition) is 1. The largest absolute Gasteiger partial charge is 0.360 e. The molecule has 0 radical (unpaired) electrons. The van der Waals surface area contributed by atoms with Gasteiger partial charge in [-0.05, 0) is 43.8 Å². The Balaban J connectivity index is 1.78. The molecule has 1 heterocycles. The summed E-state index contributed by atoms with van der Waals surface area (Å²) in [6.45, 7) is 4.63. The van der Waals surface area contributed by atoms with Gasteiger partial charge in [-0.1, -0.05) is 32.6 Å². The van der Waals surface area contributed by atoms with Gasteiger partial charge < -0.3 is 10.2 Å². The molecule has 0 aromatic carbocycles. The number of likely N-dealkylation sites (tertiary alicyclic amines) is 1. The Kier molecular flexibility index (Phi) is 5.08. The number of rotatable bonds is 2. The maximum Gasteiger partial charge on any atom is 0.169 e. The lowest BCUT2D eigenvalue weighted by Crippen LogP contribution is -2.48. The van der Waals surface area contributed by atoms with Crippen molar-refractivity contribution in [2.24, 2.45) is 5.92 Å². The van der Waals surface area contributed by atoms with Crippen molar-refractivity contribution in [3.05, 3.63) is 0 Å². The molecule has 3 heteroatoms. The van der Waals surface area contributed by atoms with Gasteiger partial charge in [-0.25, -0.2) is 0 Å². The standard InChI is InChI=1S/C14H26N2S/c1-2-12-7-6-10-16(11-12)14(17)15-13-8-4-3-5-9-13/h12-13H,2-11H2,1H3,(H,15,17). The third-order valence-corrected chi connectivity index (χ3v) is 4.69. The molecule has 1 saturated heterocycles. The fourth-order valence-electron chi connectivity index (χ4n) is 3.10. The predicted molar refractivity (Wildman–Crippen MR) is 77.2 cm³/mol. The van der Waals surface area contributed by atoms with E-state index in [1.54, 1.807) is 0 Å². The van der Waals surface area contributed by atoms with Crippen LogP contribution in [0.15, 0.2) is 0 Å². The molecule has 1 N–H and O–H groups in total. The van der Waals surface area contributed by atoms with E-state index in [2.05, 4.69) is 17.1 Å². The average molecular weight is 254 g/mol. The molecular formula is C14H26N2S. The van der Waals surface area contributed by atoms with Crippen LogP contribution < -0.4 is 5.32 Å². The minimum atomic E-state index is 0.651. The Morgan fingerprint density at radius 3 is 2.65 bits per heavy atom. The maximum absolute atomic E-state index is 5.57. The van der Waals surface area contributed by atoms with Gasteiger partial charge in [0.15, 0.2) is 5.11 Å². The van der Waals surface area contributed by atoms with E-state index in [1.807, 2.05) is 0 Å². The third kappa shape index (κ3) is 3.84. The fourth-order valence-corrected chi connectivity index (χ4v) is 3.43. The highest BCUT2D eigenvalue weighted by Gasteiger charge is 2.22. The molecule has 2 rings (SSSR count). The Bertz CT molecular complexity index is 249. The number of thiocarbonyl (C=S) groups is 1. The Morgan fingerprint density at radius 1 is 1.18 bits per heavy atom. The van der Waals surface area contributed by atoms with E-state index < -0.39 is 0 Å². The van der Waals surface area contributed by atoms with E-state index in [9.17, 15) is 0 Å². The molecule has 1 atom stereocenters. The van der Waals surface area contributed by atoms with Crippen molar-refractivity contribution in [1.29, 1.82) is 0 Å². The highest BCUT2D eigenvalue weighted by molar-refractivity contribution is 7.80. The van der Waals surface area contributed by atoms with Crippen LogP contribution in [-0.2, 0) is 0 Å². The summed E-state index contributed by atoms with van der Waals surface area (Å²) in [6.07, 6.45) is 10.8. The van der Waals surface area contributed by atoms with Crippen molar-refractivity contribution < 1.29 is 0 Å². The molecule has 17 heavy (non-hydrogen) atoms. The van der Waals surface area contributed by atoms with Gasteiger partial charge in [0.2, 0.25) is 0 Å². The number of nitrogens with zero attached hydrogens (tertiary/aromatic N) is 1. The first-order chi connectivity index (χ1) is 8.29. The zero-order chi connectivity index (χ0) is 12.1. The van der Waals surface area contributed by atoms with Gasteiger partial charge in [-0.2, -0.15) is 0 Å². The molecule has 0 aromatic rings. The average Bonchev–Trinajstić information content (AvgIpc) is 2.40. The van der Waals surface area contributed by atoms with E-state index in [-0.39, 0.29) is 0 Å². The number of hydrogen-bond donors (Lipinski definition) is 1. The first-order valence-corrected chi connectivity index (χ1v) is 7.76. The third-order valence-electron chi connectivity index (χ3n) is 4.32. The van der Waals surface area contributed by atoms with Crippen LogP contribution in [0.25, 0.3) is 0 Å². The van der Waals surface area contributed by atoms with Crippen molar-refractivity contribution >= 4 is 17.3 Å². The zero-order valence-electron chi connectivity index (χ0n) is 11.1. The van der Waals surface area contributed by atoms with Crippen molar-refractivity contribution in [3.63, 3.8) is 0 Å². The van der Waals surface area contributed by atoms with Crippen molar-refractivity contribution in [2.45, 2.75) is 64.3 Å². The smallest absolute Gasteiger partial charge is 0.169 e. The van der Waals surface area contributed by atoms with Crippen molar-refractivity contribution in [2.75, 3.05) is 13.1 Å². The van der Waals surface area contributed by atoms with Gasteiger partial charge in [0.1, 0.15) is 0 Å². The van der Waals surface area contributed by atoms with Crippen LogP contribution in [0.5, 0.6) is 0 Å². The van der Waals surface area contributed by atoms with Crippen LogP contribution in [0.2, 0.25) is 0 Å². The topological polar surface area (TPSA) is 15.3 Å². The van der Waals surface area contributed by atoms with Crippen LogP contribution in [0.1, 0.15) is 58.3 Å². The van der Waals surface area contributed by atoms with Crippen LogP contribution in [-0.4, -0.2) is 29.1 Å². The van der Waals surface area contributed by atoms with E-state index in [1.165, 1.54) is 57.9 Å². The van der Waals surface area contributed by atoms with E-state index in [4.69, 9.17) is 12.2 Å². The van der Waals surface area contributed by atoms with Crippen molar-refractivity contribution in [3.8, 4) is 0 Å². The Labute approximate surface area is 111 Å². The van der Waals surface area contributed by atoms with E-state index in [0.717, 1.165) is 17.6 Å². The van der Waals surface area contributed by atoms with Crippen molar-refractivity contribution in [1.82, 2.24) is 10.2 Å². The molecule has 0 bridgehead atoms. The first kappa shape index (κ1) is 13.1. The maximum atomic E-state index is 5.57. The zero-order valence-corrected chi connectivity index (χ0v) is 11.9. The van der Waals surface area contributed by atoms with E-state index >= 15 is 0 Å². The highest BCUT2D eigenvalue weighted by Crippen LogP contribution is 2.21. The molecule has 2 aliphatic rings.